The lowest BCUT2D eigenvalue weighted by atomic mass is 9.81. The number of hydrogen-bond acceptors (Lipinski definition) is 8. The molecule has 1 aromatic carbocycles. The van der Waals surface area contributed by atoms with Gasteiger partial charge in [-0.25, -0.2) is 13.2 Å². The molecule has 206 valence electrons. The van der Waals surface area contributed by atoms with Crippen LogP contribution in [0.2, 0.25) is 0 Å². The summed E-state index contributed by atoms with van der Waals surface area (Å²) in [7, 11) is -1.24. The van der Waals surface area contributed by atoms with Crippen LogP contribution in [0.1, 0.15) is 19.4 Å². The number of esters is 1. The van der Waals surface area contributed by atoms with Crippen molar-refractivity contribution < 1.29 is 50.6 Å². The number of fused-ring (bicyclic) bond motifs is 1. The van der Waals surface area contributed by atoms with Crippen LogP contribution < -0.4 is 5.32 Å². The third kappa shape index (κ3) is 5.78. The standard InChI is InChI=1S/C20H27N3O6S.C2HF3O2/c1-6-23(30(27,28)13-9-7-12(2)8-10-13)11-14-15-16(18(25)22(4)17(15)24)20(3,21-14)19(26)29-5;3-2(4,5)1(6)7/h7-10,14-16,21H,6,11H2,1-5H3;(H,6,7)/t14-,15+,16-,20-;/m1./s1. The van der Waals surface area contributed by atoms with Gasteiger partial charge in [0, 0.05) is 26.2 Å². The minimum atomic E-state index is -5.08. The van der Waals surface area contributed by atoms with E-state index in [1.165, 1.54) is 37.5 Å². The molecule has 2 heterocycles. The molecule has 2 amide bonds. The van der Waals surface area contributed by atoms with Crippen molar-refractivity contribution in [3.05, 3.63) is 29.8 Å². The number of imide groups is 1. The lowest BCUT2D eigenvalue weighted by Crippen LogP contribution is -2.56. The van der Waals surface area contributed by atoms with E-state index in [-0.39, 0.29) is 18.0 Å². The predicted octanol–water partition coefficient (Wildman–Crippen LogP) is 0.773. The number of likely N-dealkylation sites (tertiary alicyclic amines) is 1. The molecule has 11 nitrogen and oxygen atoms in total. The summed E-state index contributed by atoms with van der Waals surface area (Å²) in [6.45, 7) is 5.19. The van der Waals surface area contributed by atoms with Crippen molar-refractivity contribution in [2.45, 2.75) is 43.4 Å². The number of amides is 2. The molecular formula is C22H28F3N3O8S. The van der Waals surface area contributed by atoms with Crippen LogP contribution in [0.15, 0.2) is 29.2 Å². The second-order valence-corrected chi connectivity index (χ2v) is 10.7. The summed E-state index contributed by atoms with van der Waals surface area (Å²) in [5.74, 6) is -6.13. The number of sulfonamides is 1. The van der Waals surface area contributed by atoms with Crippen LogP contribution in [-0.2, 0) is 33.9 Å². The Morgan fingerprint density at radius 1 is 1.19 bits per heavy atom. The number of halogens is 3. The number of carbonyl (C=O) groups is 4. The van der Waals surface area contributed by atoms with Gasteiger partial charge in [-0.05, 0) is 26.0 Å². The van der Waals surface area contributed by atoms with E-state index in [2.05, 4.69) is 5.32 Å². The van der Waals surface area contributed by atoms with Crippen LogP contribution >= 0.6 is 0 Å². The van der Waals surface area contributed by atoms with Gasteiger partial charge in [-0.15, -0.1) is 0 Å². The van der Waals surface area contributed by atoms with Crippen molar-refractivity contribution in [2.24, 2.45) is 11.8 Å². The van der Waals surface area contributed by atoms with E-state index in [9.17, 15) is 36.0 Å². The lowest BCUT2D eigenvalue weighted by Gasteiger charge is -2.29. The Morgan fingerprint density at radius 3 is 2.14 bits per heavy atom. The number of nitrogens with zero attached hydrogens (tertiary/aromatic N) is 2. The van der Waals surface area contributed by atoms with E-state index >= 15 is 0 Å². The molecule has 0 radical (unpaired) electrons. The lowest BCUT2D eigenvalue weighted by molar-refractivity contribution is -0.192. The molecule has 2 N–H and O–H groups in total. The highest BCUT2D eigenvalue weighted by atomic mass is 32.2. The number of carboxylic acid groups (broad SMARTS) is 1. The zero-order valence-corrected chi connectivity index (χ0v) is 21.5. The normalized spacial score (nSPS) is 25.5. The van der Waals surface area contributed by atoms with Crippen LogP contribution in [0, 0.1) is 18.8 Å². The molecule has 0 aliphatic carbocycles. The fourth-order valence-corrected chi connectivity index (χ4v) is 5.92. The fraction of sp³-hybridized carbons (Fsp3) is 0.545. The monoisotopic (exact) mass is 551 g/mol. The number of alkyl halides is 3. The van der Waals surface area contributed by atoms with Crippen molar-refractivity contribution >= 4 is 33.8 Å². The van der Waals surface area contributed by atoms with Crippen molar-refractivity contribution in [3.8, 4) is 0 Å². The van der Waals surface area contributed by atoms with Gasteiger partial charge in [0.2, 0.25) is 21.8 Å². The number of aryl methyl sites for hydroxylation is 1. The molecule has 2 aliphatic heterocycles. The second kappa shape index (κ2) is 10.8. The minimum Gasteiger partial charge on any atom is -0.475 e. The number of nitrogens with one attached hydrogen (secondary N) is 1. The van der Waals surface area contributed by atoms with Crippen molar-refractivity contribution in [3.63, 3.8) is 0 Å². The average Bonchev–Trinajstić information content (AvgIpc) is 3.24. The third-order valence-electron chi connectivity index (χ3n) is 6.38. The Bertz CT molecular complexity index is 1170. The van der Waals surface area contributed by atoms with Crippen molar-refractivity contribution in [1.29, 1.82) is 0 Å². The number of methoxy groups -OCH3 is 1. The molecule has 1 aromatic rings. The van der Waals surface area contributed by atoms with Gasteiger partial charge in [0.1, 0.15) is 5.54 Å². The number of aliphatic carboxylic acids is 1. The summed E-state index contributed by atoms with van der Waals surface area (Å²) in [6, 6.07) is 5.78. The van der Waals surface area contributed by atoms with Crippen LogP contribution in [0.25, 0.3) is 0 Å². The first-order valence-electron chi connectivity index (χ1n) is 11.0. The summed E-state index contributed by atoms with van der Waals surface area (Å²) in [5.41, 5.74) is -0.488. The SMILES string of the molecule is CCN(C[C@H]1N[C@@](C)(C(=O)OC)[C@H]2C(=O)N(C)C(=O)[C@@H]12)S(=O)(=O)c1ccc(C)cc1.O=C(O)C(F)(F)F. The first-order chi connectivity index (χ1) is 16.9. The number of ether oxygens (including phenoxy) is 1. The Kier molecular flexibility index (Phi) is 8.77. The fourth-order valence-electron chi connectivity index (χ4n) is 4.45. The summed E-state index contributed by atoms with van der Waals surface area (Å²) < 4.78 is 64.2. The van der Waals surface area contributed by atoms with E-state index < -0.39 is 63.4 Å². The van der Waals surface area contributed by atoms with Gasteiger partial charge in [0.25, 0.3) is 0 Å². The zero-order chi connectivity index (χ0) is 28.5. The second-order valence-electron chi connectivity index (χ2n) is 8.76. The molecule has 4 atom stereocenters. The Balaban J connectivity index is 0.000000604. The molecule has 3 rings (SSSR count). The van der Waals surface area contributed by atoms with Gasteiger partial charge in [0.15, 0.2) is 0 Å². The molecule has 0 unspecified atom stereocenters. The van der Waals surface area contributed by atoms with Crippen LogP contribution in [0.5, 0.6) is 0 Å². The molecule has 0 aromatic heterocycles. The third-order valence-corrected chi connectivity index (χ3v) is 8.33. The number of likely N-dealkylation sites (N-methyl/N-ethyl adjacent to an activating group) is 1. The molecule has 37 heavy (non-hydrogen) atoms. The van der Waals surface area contributed by atoms with E-state index in [0.29, 0.717) is 0 Å². The van der Waals surface area contributed by atoms with Gasteiger partial charge < -0.3 is 9.84 Å². The molecule has 0 bridgehead atoms. The van der Waals surface area contributed by atoms with E-state index in [1.54, 1.807) is 19.1 Å². The van der Waals surface area contributed by atoms with Gasteiger partial charge in [-0.2, -0.15) is 17.5 Å². The number of carbonyl (C=O) groups excluding carboxylic acids is 3. The summed E-state index contributed by atoms with van der Waals surface area (Å²) in [5, 5.41) is 10.2. The van der Waals surface area contributed by atoms with Gasteiger partial charge in [0.05, 0.1) is 23.8 Å². The highest BCUT2D eigenvalue weighted by molar-refractivity contribution is 7.89. The zero-order valence-electron chi connectivity index (χ0n) is 20.7. The van der Waals surface area contributed by atoms with Crippen LogP contribution in [-0.4, -0.2) is 91.5 Å². The average molecular weight is 552 g/mol. The molecular weight excluding hydrogens is 523 g/mol. The summed E-state index contributed by atoms with van der Waals surface area (Å²) in [6.07, 6.45) is -5.08. The topological polar surface area (TPSA) is 150 Å². The number of carboxylic acids is 1. The maximum atomic E-state index is 13.2. The highest BCUT2D eigenvalue weighted by Crippen LogP contribution is 2.43. The highest BCUT2D eigenvalue weighted by Gasteiger charge is 2.66. The molecule has 2 aliphatic rings. The summed E-state index contributed by atoms with van der Waals surface area (Å²) >= 11 is 0. The van der Waals surface area contributed by atoms with Crippen molar-refractivity contribution in [2.75, 3.05) is 27.2 Å². The van der Waals surface area contributed by atoms with E-state index in [0.717, 1.165) is 10.5 Å². The molecule has 0 saturated carbocycles. The quantitative estimate of drug-likeness (QED) is 0.386. The molecule has 2 saturated heterocycles. The minimum absolute atomic E-state index is 0.0622. The Labute approximate surface area is 211 Å². The number of benzene rings is 1. The van der Waals surface area contributed by atoms with E-state index in [4.69, 9.17) is 14.6 Å². The maximum absolute atomic E-state index is 13.2. The smallest absolute Gasteiger partial charge is 0.475 e. The predicted molar refractivity (Wildman–Crippen MR) is 121 cm³/mol. The maximum Gasteiger partial charge on any atom is 0.490 e. The number of rotatable bonds is 6. The Hall–Kier alpha value is -3.04. The van der Waals surface area contributed by atoms with E-state index in [1.807, 2.05) is 6.92 Å². The van der Waals surface area contributed by atoms with Gasteiger partial charge >= 0.3 is 18.1 Å². The molecule has 2 fully saturated rings. The number of hydrogen-bond donors (Lipinski definition) is 2. The van der Waals surface area contributed by atoms with Crippen molar-refractivity contribution in [1.82, 2.24) is 14.5 Å². The van der Waals surface area contributed by atoms with Crippen LogP contribution in [0.3, 0.4) is 0 Å². The molecule has 0 spiro atoms. The summed E-state index contributed by atoms with van der Waals surface area (Å²) in [4.78, 5) is 48.0. The molecule has 15 heteroatoms. The van der Waals surface area contributed by atoms with Gasteiger partial charge in [-0.1, -0.05) is 24.6 Å². The first-order valence-corrected chi connectivity index (χ1v) is 12.4. The Morgan fingerprint density at radius 2 is 1.70 bits per heavy atom. The van der Waals surface area contributed by atoms with Gasteiger partial charge in [-0.3, -0.25) is 24.6 Å². The first kappa shape index (κ1) is 30.2. The largest absolute Gasteiger partial charge is 0.490 e. The van der Waals surface area contributed by atoms with Crippen LogP contribution in [0.4, 0.5) is 13.2 Å².